The average molecular weight is 423 g/mol. The molecule has 0 radical (unpaired) electrons. The summed E-state index contributed by atoms with van der Waals surface area (Å²) in [7, 11) is -2.10. The number of thioether (sulfide) groups is 1. The summed E-state index contributed by atoms with van der Waals surface area (Å²) in [6, 6.07) is 5.54. The van der Waals surface area contributed by atoms with Gasteiger partial charge in [-0.1, -0.05) is 23.9 Å². The van der Waals surface area contributed by atoms with Crippen LogP contribution in [0.5, 0.6) is 5.75 Å². The third kappa shape index (κ3) is 4.43. The van der Waals surface area contributed by atoms with Crippen LogP contribution in [0.4, 0.5) is 0 Å². The fraction of sp³-hybridized carbons (Fsp3) is 0.316. The third-order valence-corrected chi connectivity index (χ3v) is 7.37. The van der Waals surface area contributed by atoms with E-state index >= 15 is 0 Å². The molecule has 9 heteroatoms. The fourth-order valence-electron chi connectivity index (χ4n) is 3.07. The molecule has 2 heterocycles. The summed E-state index contributed by atoms with van der Waals surface area (Å²) in [5.41, 5.74) is 0.840. The van der Waals surface area contributed by atoms with E-state index in [-0.39, 0.29) is 17.7 Å². The second-order valence-corrected chi connectivity index (χ2v) is 9.88. The standard InChI is InChI=1S/C19H22N2O5S2/c1-19-7-8-27-18(19)9-14(10-20-19)11-28(24,25)12-17(21(23)13-22)15-3-5-16(26-2)6-4-15/h3-10,13,17,20,23H,11-12H2,1-2H3/t17-,19?/m1/s1. The zero-order valence-electron chi connectivity index (χ0n) is 15.5. The van der Waals surface area contributed by atoms with Gasteiger partial charge in [-0.3, -0.25) is 10.0 Å². The first-order valence-corrected chi connectivity index (χ1v) is 11.3. The van der Waals surface area contributed by atoms with E-state index in [0.29, 0.717) is 21.9 Å². The van der Waals surface area contributed by atoms with Gasteiger partial charge in [-0.05, 0) is 47.8 Å². The normalized spacial score (nSPS) is 21.8. The summed E-state index contributed by atoms with van der Waals surface area (Å²) >= 11 is 1.55. The Hall–Kier alpha value is -2.23. The van der Waals surface area contributed by atoms with Gasteiger partial charge in [0.25, 0.3) is 0 Å². The number of allylic oxidation sites excluding steroid dienone is 1. The maximum atomic E-state index is 12.8. The van der Waals surface area contributed by atoms with Gasteiger partial charge >= 0.3 is 0 Å². The van der Waals surface area contributed by atoms with Crippen molar-refractivity contribution in [3.8, 4) is 5.75 Å². The van der Waals surface area contributed by atoms with E-state index < -0.39 is 21.6 Å². The van der Waals surface area contributed by atoms with Gasteiger partial charge in [0.1, 0.15) is 5.75 Å². The summed E-state index contributed by atoms with van der Waals surface area (Å²) in [5.74, 6) is -0.00577. The van der Waals surface area contributed by atoms with Crippen LogP contribution in [0.15, 0.2) is 58.5 Å². The van der Waals surface area contributed by atoms with Crippen molar-refractivity contribution in [3.63, 3.8) is 0 Å². The molecule has 1 aromatic rings. The molecule has 7 nitrogen and oxygen atoms in total. The van der Waals surface area contributed by atoms with E-state index in [9.17, 15) is 18.4 Å². The number of hydroxylamine groups is 2. The topological polar surface area (TPSA) is 95.9 Å². The molecule has 1 amide bonds. The molecule has 3 rings (SSSR count). The van der Waals surface area contributed by atoms with Gasteiger partial charge in [-0.2, -0.15) is 0 Å². The summed E-state index contributed by atoms with van der Waals surface area (Å²) < 4.78 is 30.7. The lowest BCUT2D eigenvalue weighted by Crippen LogP contribution is -2.39. The predicted molar refractivity (Wildman–Crippen MR) is 109 cm³/mol. The van der Waals surface area contributed by atoms with Crippen LogP contribution < -0.4 is 10.1 Å². The van der Waals surface area contributed by atoms with E-state index in [0.717, 1.165) is 4.91 Å². The Kier molecular flexibility index (Phi) is 5.87. The van der Waals surface area contributed by atoms with E-state index in [2.05, 4.69) is 5.32 Å². The largest absolute Gasteiger partial charge is 0.497 e. The van der Waals surface area contributed by atoms with Gasteiger partial charge in [-0.15, -0.1) is 0 Å². The number of carbonyl (C=O) groups is 1. The number of carbonyl (C=O) groups excluding carboxylic acids is 1. The van der Waals surface area contributed by atoms with Gasteiger partial charge in [-0.25, -0.2) is 13.5 Å². The minimum absolute atomic E-state index is 0.195. The van der Waals surface area contributed by atoms with Crippen LogP contribution in [0.2, 0.25) is 0 Å². The highest BCUT2D eigenvalue weighted by Gasteiger charge is 2.33. The second kappa shape index (κ2) is 8.02. The van der Waals surface area contributed by atoms with Crippen molar-refractivity contribution >= 4 is 28.0 Å². The van der Waals surface area contributed by atoms with Crippen molar-refractivity contribution in [3.05, 3.63) is 64.1 Å². The van der Waals surface area contributed by atoms with E-state index in [1.807, 2.05) is 24.5 Å². The van der Waals surface area contributed by atoms with Crippen molar-refractivity contribution in [2.75, 3.05) is 18.6 Å². The number of sulfone groups is 1. The van der Waals surface area contributed by atoms with Crippen molar-refractivity contribution in [2.24, 2.45) is 0 Å². The number of hydrogen-bond donors (Lipinski definition) is 2. The van der Waals surface area contributed by atoms with Crippen LogP contribution in [0.3, 0.4) is 0 Å². The Morgan fingerprint density at radius 3 is 2.71 bits per heavy atom. The molecule has 0 spiro atoms. The molecule has 0 saturated heterocycles. The lowest BCUT2D eigenvalue weighted by molar-refractivity contribution is -0.158. The minimum Gasteiger partial charge on any atom is -0.497 e. The Morgan fingerprint density at radius 2 is 2.07 bits per heavy atom. The molecule has 2 N–H and O–H groups in total. The number of nitrogens with one attached hydrogen (secondary N) is 1. The van der Waals surface area contributed by atoms with Crippen molar-refractivity contribution in [1.82, 2.24) is 10.4 Å². The van der Waals surface area contributed by atoms with Gasteiger partial charge in [0, 0.05) is 11.1 Å². The lowest BCUT2D eigenvalue weighted by atomic mass is 9.98. The molecule has 1 aromatic carbocycles. The van der Waals surface area contributed by atoms with Crippen LogP contribution in [0.1, 0.15) is 18.5 Å². The highest BCUT2D eigenvalue weighted by molar-refractivity contribution is 8.06. The molecule has 150 valence electrons. The average Bonchev–Trinajstić information content (AvgIpc) is 3.06. The van der Waals surface area contributed by atoms with Gasteiger partial charge in [0.05, 0.1) is 30.2 Å². The van der Waals surface area contributed by atoms with Crippen LogP contribution in [0.25, 0.3) is 0 Å². The highest BCUT2D eigenvalue weighted by Crippen LogP contribution is 2.40. The van der Waals surface area contributed by atoms with Crippen LogP contribution in [-0.4, -0.2) is 49.3 Å². The van der Waals surface area contributed by atoms with Gasteiger partial charge < -0.3 is 10.1 Å². The summed E-state index contributed by atoms with van der Waals surface area (Å²) in [6.07, 6.45) is 5.81. The number of amides is 1. The number of dihydropyridines is 1. The molecule has 28 heavy (non-hydrogen) atoms. The van der Waals surface area contributed by atoms with Crippen molar-refractivity contribution < 1.29 is 23.2 Å². The number of rotatable bonds is 8. The number of nitrogens with zero attached hydrogens (tertiary/aromatic N) is 1. The molecule has 0 aliphatic carbocycles. The first kappa shape index (κ1) is 20.5. The molecular formula is C19H22N2O5S2. The maximum Gasteiger partial charge on any atom is 0.233 e. The number of methoxy groups -OCH3 is 1. The summed E-state index contributed by atoms with van der Waals surface area (Å²) in [5, 5.41) is 15.5. The first-order valence-electron chi connectivity index (χ1n) is 8.56. The van der Waals surface area contributed by atoms with Crippen molar-refractivity contribution in [1.29, 1.82) is 0 Å². The number of hydrogen-bond acceptors (Lipinski definition) is 7. The SMILES string of the molecule is COc1ccc([C@@H](CS(=O)(=O)CC2=CNC3(C)C=CSC3=C2)N(O)C=O)cc1. The smallest absolute Gasteiger partial charge is 0.233 e. The second-order valence-electron chi connectivity index (χ2n) is 6.82. The zero-order valence-corrected chi connectivity index (χ0v) is 17.2. The van der Waals surface area contributed by atoms with Crippen molar-refractivity contribution in [2.45, 2.75) is 18.5 Å². The van der Waals surface area contributed by atoms with Gasteiger partial charge in [0.15, 0.2) is 9.84 Å². The van der Waals surface area contributed by atoms with E-state index in [1.54, 1.807) is 42.2 Å². The molecule has 0 bridgehead atoms. The Bertz CT molecular complexity index is 938. The monoisotopic (exact) mass is 422 g/mol. The molecule has 2 atom stereocenters. The molecule has 1 unspecified atom stereocenters. The minimum atomic E-state index is -3.62. The predicted octanol–water partition coefficient (Wildman–Crippen LogP) is 2.39. The van der Waals surface area contributed by atoms with Gasteiger partial charge in [0.2, 0.25) is 6.41 Å². The molecule has 2 aliphatic heterocycles. The Labute approximate surface area is 168 Å². The van der Waals surface area contributed by atoms with Crippen LogP contribution in [-0.2, 0) is 14.6 Å². The zero-order chi connectivity index (χ0) is 20.4. The molecule has 0 fully saturated rings. The molecular weight excluding hydrogens is 400 g/mol. The third-order valence-electron chi connectivity index (χ3n) is 4.71. The number of benzene rings is 1. The summed E-state index contributed by atoms with van der Waals surface area (Å²) in [4.78, 5) is 12.1. The molecule has 0 saturated carbocycles. The molecule has 0 aromatic heterocycles. The van der Waals surface area contributed by atoms with Crippen LogP contribution >= 0.6 is 11.8 Å². The lowest BCUT2D eigenvalue weighted by Gasteiger charge is -2.29. The van der Waals surface area contributed by atoms with E-state index in [4.69, 9.17) is 4.74 Å². The fourth-order valence-corrected chi connectivity index (χ4v) is 5.76. The number of ether oxygens (including phenoxy) is 1. The van der Waals surface area contributed by atoms with E-state index in [1.165, 1.54) is 7.11 Å². The quantitative estimate of drug-likeness (QED) is 0.377. The molecule has 2 aliphatic rings. The first-order chi connectivity index (χ1) is 13.3. The maximum absolute atomic E-state index is 12.8. The summed E-state index contributed by atoms with van der Waals surface area (Å²) in [6.45, 7) is 2.02. The Morgan fingerprint density at radius 1 is 1.36 bits per heavy atom. The highest BCUT2D eigenvalue weighted by atomic mass is 32.2. The number of fused-ring (bicyclic) bond motifs is 1. The van der Waals surface area contributed by atoms with Crippen LogP contribution in [0, 0.1) is 0 Å². The Balaban J connectivity index is 1.77.